The molecule has 16 heteroatoms. The predicted octanol–water partition coefficient (Wildman–Crippen LogP) is 3.89. The standard InChI is InChI=1S/C31H42ClF3N6O3S.CH3NO/c1-6-25(36-2)26(39-13-15-40(16-14-39)29(43)30(45-5)11-12-30)28(42)41(38(4)27(37-3)21-9-17-44-18-10-21)20-22-7-8-23(19-24(22)32)31(33,34)35;2-1-3/h7-9,19,27,36H,3,6,10-18,20H2,1-2,4-5H3;1H,(H2,2,3)/b26-25+;. The molecule has 0 bridgehead atoms. The number of benzene rings is 1. The first-order valence-corrected chi connectivity index (χ1v) is 17.2. The van der Waals surface area contributed by atoms with Gasteiger partial charge in [0.2, 0.25) is 12.3 Å². The van der Waals surface area contributed by atoms with E-state index in [0.29, 0.717) is 69.2 Å². The first-order valence-electron chi connectivity index (χ1n) is 15.6. The number of thioether (sulfide) groups is 1. The van der Waals surface area contributed by atoms with E-state index in [2.05, 4.69) is 22.8 Å². The molecule has 2 heterocycles. The Kier molecular flexibility index (Phi) is 14.2. The molecule has 0 radical (unpaired) electrons. The number of allylic oxidation sites excluding steroid dienone is 1. The number of nitrogens with two attached hydrogens (primary N) is 1. The second kappa shape index (κ2) is 17.4. The van der Waals surface area contributed by atoms with Gasteiger partial charge in [-0.1, -0.05) is 30.7 Å². The number of hydrogen-bond acceptors (Lipinski definition) is 9. The molecule has 3 N–H and O–H groups in total. The summed E-state index contributed by atoms with van der Waals surface area (Å²) in [4.78, 5) is 44.8. The van der Waals surface area contributed by atoms with Crippen molar-refractivity contribution in [3.05, 3.63) is 57.4 Å². The predicted molar refractivity (Wildman–Crippen MR) is 182 cm³/mol. The van der Waals surface area contributed by atoms with E-state index in [9.17, 15) is 22.8 Å². The van der Waals surface area contributed by atoms with E-state index >= 15 is 0 Å². The number of likely N-dealkylation sites (N-methyl/N-ethyl adjacent to an activating group) is 1. The van der Waals surface area contributed by atoms with Gasteiger partial charge in [0.15, 0.2) is 0 Å². The molecule has 1 aliphatic carbocycles. The van der Waals surface area contributed by atoms with E-state index in [1.54, 1.807) is 30.9 Å². The van der Waals surface area contributed by atoms with Gasteiger partial charge in [0.25, 0.3) is 5.91 Å². The zero-order valence-electron chi connectivity index (χ0n) is 27.8. The highest BCUT2D eigenvalue weighted by molar-refractivity contribution is 8.01. The van der Waals surface area contributed by atoms with Crippen LogP contribution < -0.4 is 11.1 Å². The van der Waals surface area contributed by atoms with Crippen LogP contribution in [0.2, 0.25) is 5.02 Å². The largest absolute Gasteiger partial charge is 0.416 e. The Bertz CT molecular complexity index is 1380. The van der Waals surface area contributed by atoms with Crippen LogP contribution >= 0.6 is 23.4 Å². The quantitative estimate of drug-likeness (QED) is 0.110. The number of carbonyl (C=O) groups is 3. The summed E-state index contributed by atoms with van der Waals surface area (Å²) in [6, 6.07) is 3.14. The van der Waals surface area contributed by atoms with Gasteiger partial charge in [-0.05, 0) is 61.9 Å². The van der Waals surface area contributed by atoms with E-state index in [-0.39, 0.29) is 34.5 Å². The molecule has 3 amide bonds. The van der Waals surface area contributed by atoms with Crippen molar-refractivity contribution in [2.45, 2.75) is 56.2 Å². The number of piperazine rings is 1. The van der Waals surface area contributed by atoms with Crippen molar-refractivity contribution in [3.8, 4) is 0 Å². The number of primary amides is 1. The minimum atomic E-state index is -4.56. The Morgan fingerprint density at radius 3 is 2.33 bits per heavy atom. The number of ether oxygens (including phenoxy) is 1. The van der Waals surface area contributed by atoms with Crippen molar-refractivity contribution in [2.75, 3.05) is 59.7 Å². The lowest BCUT2D eigenvalue weighted by Crippen LogP contribution is -2.55. The average molecular weight is 716 g/mol. The third kappa shape index (κ3) is 9.24. The molecule has 2 fully saturated rings. The molecule has 1 unspecified atom stereocenters. The zero-order chi connectivity index (χ0) is 35.6. The highest BCUT2D eigenvalue weighted by atomic mass is 35.5. The van der Waals surface area contributed by atoms with Crippen molar-refractivity contribution in [3.63, 3.8) is 0 Å². The summed E-state index contributed by atoms with van der Waals surface area (Å²) in [5.74, 6) is -0.220. The second-order valence-corrected chi connectivity index (χ2v) is 13.0. The number of rotatable bonds is 12. The maximum atomic E-state index is 14.8. The van der Waals surface area contributed by atoms with E-state index in [0.717, 1.165) is 30.5 Å². The number of nitrogens with one attached hydrogen (secondary N) is 1. The number of hydrogen-bond donors (Lipinski definition) is 2. The Morgan fingerprint density at radius 1 is 1.25 bits per heavy atom. The van der Waals surface area contributed by atoms with E-state index in [1.165, 1.54) is 11.1 Å². The highest BCUT2D eigenvalue weighted by Gasteiger charge is 2.51. The number of hydrazine groups is 1. The summed E-state index contributed by atoms with van der Waals surface area (Å²) in [5, 5.41) is 6.21. The Balaban J connectivity index is 0.00000201. The van der Waals surface area contributed by atoms with Crippen molar-refractivity contribution in [2.24, 2.45) is 10.7 Å². The van der Waals surface area contributed by atoms with Crippen LogP contribution in [0.4, 0.5) is 13.2 Å². The summed E-state index contributed by atoms with van der Waals surface area (Å²) in [6.07, 6.45) is 1.82. The SMILES string of the molecule is C=NC(C1=CCOCC1)N(C)N(Cc1ccc(C(F)(F)F)cc1Cl)C(=O)/C(=C(/CC)NC)N1CCN(C(=O)C2(SC)CC2)CC1.NC=O. The van der Waals surface area contributed by atoms with Crippen LogP contribution in [0.1, 0.15) is 43.7 Å². The molecule has 4 rings (SSSR count). The van der Waals surface area contributed by atoms with Crippen molar-refractivity contribution >= 4 is 48.3 Å². The average Bonchev–Trinajstić information content (AvgIpc) is 3.88. The number of halogens is 4. The first-order chi connectivity index (χ1) is 22.8. The van der Waals surface area contributed by atoms with E-state index in [4.69, 9.17) is 21.1 Å². The van der Waals surface area contributed by atoms with Crippen LogP contribution in [0, 0.1) is 0 Å². The molecule has 11 nitrogen and oxygen atoms in total. The number of aliphatic imine (C=N–C) groups is 1. The minimum absolute atomic E-state index is 0.103. The molecule has 1 atom stereocenters. The smallest absolute Gasteiger partial charge is 0.390 e. The minimum Gasteiger partial charge on any atom is -0.390 e. The highest BCUT2D eigenvalue weighted by Crippen LogP contribution is 2.48. The van der Waals surface area contributed by atoms with Crippen LogP contribution in [0.15, 0.2) is 46.2 Å². The van der Waals surface area contributed by atoms with E-state index in [1.807, 2.05) is 29.1 Å². The third-order valence-electron chi connectivity index (χ3n) is 8.68. The van der Waals surface area contributed by atoms with Crippen LogP contribution in [0.25, 0.3) is 0 Å². The van der Waals surface area contributed by atoms with Gasteiger partial charge in [-0.2, -0.15) is 18.2 Å². The molecule has 2 aliphatic heterocycles. The lowest BCUT2D eigenvalue weighted by atomic mass is 10.1. The molecule has 0 spiro atoms. The third-order valence-corrected chi connectivity index (χ3v) is 10.4. The van der Waals surface area contributed by atoms with Gasteiger partial charge in [0.05, 0.1) is 30.1 Å². The fourth-order valence-corrected chi connectivity index (χ4v) is 6.86. The molecule has 3 aliphatic rings. The topological polar surface area (TPSA) is 124 Å². The number of nitrogens with zero attached hydrogens (tertiary/aromatic N) is 5. The normalized spacial score (nSPS) is 18.5. The molecule has 1 aromatic carbocycles. The van der Waals surface area contributed by atoms with Crippen LogP contribution in [0.5, 0.6) is 0 Å². The number of alkyl halides is 3. The van der Waals surface area contributed by atoms with Gasteiger partial charge in [-0.15, -0.1) is 11.8 Å². The van der Waals surface area contributed by atoms with Gasteiger partial charge < -0.3 is 25.6 Å². The Morgan fingerprint density at radius 2 is 1.88 bits per heavy atom. The van der Waals surface area contributed by atoms with Crippen molar-refractivity contribution in [1.82, 2.24) is 25.1 Å². The van der Waals surface area contributed by atoms with Crippen molar-refractivity contribution in [1.29, 1.82) is 0 Å². The maximum Gasteiger partial charge on any atom is 0.416 e. The van der Waals surface area contributed by atoms with Crippen molar-refractivity contribution < 1.29 is 32.3 Å². The van der Waals surface area contributed by atoms with Gasteiger partial charge in [-0.3, -0.25) is 24.4 Å². The molecule has 1 aromatic rings. The van der Waals surface area contributed by atoms with Crippen LogP contribution in [-0.2, 0) is 31.8 Å². The van der Waals surface area contributed by atoms with Crippen LogP contribution in [0.3, 0.4) is 0 Å². The monoisotopic (exact) mass is 715 g/mol. The van der Waals surface area contributed by atoms with E-state index < -0.39 is 17.9 Å². The summed E-state index contributed by atoms with van der Waals surface area (Å²) in [6.45, 7) is 8.37. The summed E-state index contributed by atoms with van der Waals surface area (Å²) < 4.78 is 45.4. The first kappa shape index (κ1) is 39.2. The fraction of sp³-hybridized carbons (Fsp3) is 0.562. The second-order valence-electron chi connectivity index (χ2n) is 11.4. The summed E-state index contributed by atoms with van der Waals surface area (Å²) in [5.41, 5.74) is 5.69. The molecule has 48 heavy (non-hydrogen) atoms. The molecule has 0 aromatic heterocycles. The zero-order valence-corrected chi connectivity index (χ0v) is 29.4. The molecule has 266 valence electrons. The summed E-state index contributed by atoms with van der Waals surface area (Å²) >= 11 is 8.00. The van der Waals surface area contributed by atoms with Crippen LogP contribution in [-0.4, -0.2) is 115 Å². The van der Waals surface area contributed by atoms with Gasteiger partial charge in [0.1, 0.15) is 11.9 Å². The maximum absolute atomic E-state index is 14.8. The van der Waals surface area contributed by atoms with Gasteiger partial charge in [0, 0.05) is 51.0 Å². The molecule has 1 saturated heterocycles. The molecular weight excluding hydrogens is 671 g/mol. The molecule has 1 saturated carbocycles. The van der Waals surface area contributed by atoms with Gasteiger partial charge >= 0.3 is 6.18 Å². The number of carbonyl (C=O) groups excluding carboxylic acids is 3. The fourth-order valence-electron chi connectivity index (χ4n) is 5.80. The van der Waals surface area contributed by atoms with Gasteiger partial charge in [-0.25, -0.2) is 0 Å². The lowest BCUT2D eigenvalue weighted by molar-refractivity contribution is -0.149. The lowest BCUT2D eigenvalue weighted by Gasteiger charge is -2.42. The Hall–Kier alpha value is -3.27. The number of amides is 3. The summed E-state index contributed by atoms with van der Waals surface area (Å²) in [7, 11) is 3.46. The Labute approximate surface area is 289 Å². The molecular formula is C32H45ClF3N7O4S.